The molecule has 0 saturated heterocycles. The van der Waals surface area contributed by atoms with Gasteiger partial charge in [0.25, 0.3) is 0 Å². The molecule has 0 aliphatic heterocycles. The quantitative estimate of drug-likeness (QED) is 0.175. The Kier molecular flexibility index (Phi) is 12.2. The van der Waals surface area contributed by atoms with E-state index in [4.69, 9.17) is 14.6 Å². The first-order chi connectivity index (χ1) is 21.8. The number of hydrogen-bond acceptors (Lipinski definition) is 4. The number of aliphatic carboxylic acids is 1. The smallest absolute Gasteiger partial charge is 0.460 e. The minimum Gasteiger partial charge on any atom is -0.492 e. The number of rotatable bonds is 16. The second-order valence-corrected chi connectivity index (χ2v) is 9.84. The molecule has 2 aromatic rings. The van der Waals surface area contributed by atoms with Gasteiger partial charge in [-0.05, 0) is 42.8 Å². The van der Waals surface area contributed by atoms with Crippen molar-refractivity contribution in [2.75, 3.05) is 31.6 Å². The van der Waals surface area contributed by atoms with Crippen LogP contribution in [0.25, 0.3) is 0 Å². The Bertz CT molecular complexity index is 1400. The SMILES string of the molecule is CCOC(Cc1ccc(OCCN(CC(F)(F)C(F)(F)C(F)(F)C(F)(F)C(F)(F)C(F)(F)F)C(=O)Nc2cccc(F)c2)cc1)C(=O)O. The van der Waals surface area contributed by atoms with Gasteiger partial charge in [0.05, 0.1) is 13.1 Å². The summed E-state index contributed by atoms with van der Waals surface area (Å²) < 4.78 is 201. The number of benzene rings is 2. The van der Waals surface area contributed by atoms with Gasteiger partial charge < -0.3 is 24.8 Å². The molecular weight excluding hydrogens is 698 g/mol. The summed E-state index contributed by atoms with van der Waals surface area (Å²) in [7, 11) is 0. The van der Waals surface area contributed by atoms with Crippen LogP contribution in [0.1, 0.15) is 12.5 Å². The number of alkyl halides is 13. The molecule has 0 saturated carbocycles. The normalized spacial score (nSPS) is 14.0. The van der Waals surface area contributed by atoms with Gasteiger partial charge in [-0.3, -0.25) is 0 Å². The number of urea groups is 1. The molecule has 1 unspecified atom stereocenters. The number of carbonyl (C=O) groups excluding carboxylic acids is 1. The number of nitrogens with zero attached hydrogens (tertiary/aromatic N) is 1. The van der Waals surface area contributed by atoms with E-state index in [0.29, 0.717) is 11.6 Å². The number of amides is 2. The molecule has 0 heterocycles. The van der Waals surface area contributed by atoms with Gasteiger partial charge in [-0.25, -0.2) is 14.0 Å². The van der Waals surface area contributed by atoms with Crippen LogP contribution >= 0.6 is 0 Å². The maximum atomic E-state index is 14.7. The largest absolute Gasteiger partial charge is 0.492 e. The van der Waals surface area contributed by atoms with E-state index in [1.807, 2.05) is 0 Å². The van der Waals surface area contributed by atoms with Crippen molar-refractivity contribution >= 4 is 17.7 Å². The number of carboxylic acid groups (broad SMARTS) is 1. The Labute approximate surface area is 261 Å². The van der Waals surface area contributed by atoms with Crippen LogP contribution in [-0.4, -0.2) is 90.2 Å². The molecule has 1 atom stereocenters. The summed E-state index contributed by atoms with van der Waals surface area (Å²) in [4.78, 5) is 23.4. The van der Waals surface area contributed by atoms with Gasteiger partial charge >= 0.3 is 47.8 Å². The third-order valence-electron chi connectivity index (χ3n) is 6.37. The predicted octanol–water partition coefficient (Wildman–Crippen LogP) is 7.51. The molecule has 48 heavy (non-hydrogen) atoms. The van der Waals surface area contributed by atoms with E-state index in [9.17, 15) is 71.1 Å². The first-order valence-corrected chi connectivity index (χ1v) is 13.2. The standard InChI is InChI=1S/C27H24F14N2O5/c1-2-47-19(20(44)45)12-15-6-8-18(9-7-15)48-11-10-43(21(46)42-17-5-3-4-16(28)13-17)14-22(29,30)23(31,32)24(33,34)25(35,36)26(37,38)27(39,40)41/h3-9,13,19H,2,10-12,14H2,1H3,(H,42,46)(H,44,45). The van der Waals surface area contributed by atoms with E-state index in [1.165, 1.54) is 24.3 Å². The van der Waals surface area contributed by atoms with Crippen LogP contribution in [0.2, 0.25) is 0 Å². The molecule has 2 rings (SSSR count). The van der Waals surface area contributed by atoms with Gasteiger partial charge in [0.1, 0.15) is 18.2 Å². The zero-order chi connectivity index (χ0) is 36.9. The summed E-state index contributed by atoms with van der Waals surface area (Å²) in [5.41, 5.74) is -0.153. The summed E-state index contributed by atoms with van der Waals surface area (Å²) in [6, 6.07) is 6.38. The second kappa shape index (κ2) is 14.6. The molecule has 21 heteroatoms. The predicted molar refractivity (Wildman–Crippen MR) is 136 cm³/mol. The molecule has 0 aliphatic rings. The average molecular weight is 722 g/mol. The van der Waals surface area contributed by atoms with Crippen molar-refractivity contribution < 1.29 is 85.6 Å². The summed E-state index contributed by atoms with van der Waals surface area (Å²) in [5, 5.41) is 10.9. The number of carbonyl (C=O) groups is 2. The number of hydrogen-bond donors (Lipinski definition) is 2. The number of nitrogens with one attached hydrogen (secondary N) is 1. The van der Waals surface area contributed by atoms with Crippen molar-refractivity contribution in [2.45, 2.75) is 55.2 Å². The zero-order valence-corrected chi connectivity index (χ0v) is 24.1. The summed E-state index contributed by atoms with van der Waals surface area (Å²) in [6.07, 6.45) is -8.95. The van der Waals surface area contributed by atoms with Crippen LogP contribution in [0.3, 0.4) is 0 Å². The Hall–Kier alpha value is -4.04. The number of carboxylic acids is 1. The van der Waals surface area contributed by atoms with E-state index < -0.39 is 90.0 Å². The molecule has 0 aliphatic carbocycles. The van der Waals surface area contributed by atoms with E-state index in [-0.39, 0.29) is 18.8 Å². The maximum absolute atomic E-state index is 14.7. The zero-order valence-electron chi connectivity index (χ0n) is 24.1. The van der Waals surface area contributed by atoms with Crippen LogP contribution < -0.4 is 10.1 Å². The average Bonchev–Trinajstić information content (AvgIpc) is 2.96. The molecule has 7 nitrogen and oxygen atoms in total. The first-order valence-electron chi connectivity index (χ1n) is 13.2. The molecule has 0 radical (unpaired) electrons. The Balaban J connectivity index is 2.34. The van der Waals surface area contributed by atoms with Gasteiger partial charge in [0.2, 0.25) is 0 Å². The van der Waals surface area contributed by atoms with Crippen LogP contribution in [0, 0.1) is 5.82 Å². The van der Waals surface area contributed by atoms with Crippen molar-refractivity contribution in [1.29, 1.82) is 0 Å². The molecule has 0 fully saturated rings. The molecule has 2 aromatic carbocycles. The summed E-state index contributed by atoms with van der Waals surface area (Å²) >= 11 is 0. The molecule has 2 amide bonds. The van der Waals surface area contributed by atoms with Gasteiger partial charge in [0, 0.05) is 18.7 Å². The number of ether oxygens (including phenoxy) is 2. The van der Waals surface area contributed by atoms with Gasteiger partial charge in [-0.1, -0.05) is 18.2 Å². The van der Waals surface area contributed by atoms with Gasteiger partial charge in [-0.2, -0.15) is 57.1 Å². The minimum absolute atomic E-state index is 0.0620. The highest BCUT2D eigenvalue weighted by molar-refractivity contribution is 5.89. The molecule has 0 spiro atoms. The fourth-order valence-electron chi connectivity index (χ4n) is 3.79. The molecule has 270 valence electrons. The molecular formula is C27H24F14N2O5. The van der Waals surface area contributed by atoms with Crippen LogP contribution in [0.4, 0.5) is 71.9 Å². The lowest BCUT2D eigenvalue weighted by Crippen LogP contribution is -2.71. The minimum atomic E-state index is -8.12. The highest BCUT2D eigenvalue weighted by Gasteiger charge is 2.90. The van der Waals surface area contributed by atoms with E-state index in [1.54, 1.807) is 12.2 Å². The Morgan fingerprint density at radius 1 is 0.833 bits per heavy atom. The van der Waals surface area contributed by atoms with Crippen LogP contribution in [0.15, 0.2) is 48.5 Å². The summed E-state index contributed by atoms with van der Waals surface area (Å²) in [5.74, 6) is -40.8. The van der Waals surface area contributed by atoms with Gasteiger partial charge in [-0.15, -0.1) is 0 Å². The van der Waals surface area contributed by atoms with Crippen LogP contribution in [-0.2, 0) is 16.0 Å². The van der Waals surface area contributed by atoms with Crippen LogP contribution in [0.5, 0.6) is 5.75 Å². The van der Waals surface area contributed by atoms with Crippen molar-refractivity contribution in [2.24, 2.45) is 0 Å². The van der Waals surface area contributed by atoms with Crippen molar-refractivity contribution in [1.82, 2.24) is 4.90 Å². The number of anilines is 1. The lowest BCUT2D eigenvalue weighted by Gasteiger charge is -2.40. The highest BCUT2D eigenvalue weighted by atomic mass is 19.4. The van der Waals surface area contributed by atoms with Crippen molar-refractivity contribution in [3.63, 3.8) is 0 Å². The first kappa shape index (κ1) is 40.1. The lowest BCUT2D eigenvalue weighted by atomic mass is 9.93. The third-order valence-corrected chi connectivity index (χ3v) is 6.37. The highest BCUT2D eigenvalue weighted by Crippen LogP contribution is 2.60. The maximum Gasteiger partial charge on any atom is 0.460 e. The molecule has 0 bridgehead atoms. The second-order valence-electron chi connectivity index (χ2n) is 9.84. The molecule has 2 N–H and O–H groups in total. The lowest BCUT2D eigenvalue weighted by molar-refractivity contribution is -0.439. The Morgan fingerprint density at radius 2 is 1.40 bits per heavy atom. The topological polar surface area (TPSA) is 88.1 Å². The fourth-order valence-corrected chi connectivity index (χ4v) is 3.79. The Morgan fingerprint density at radius 3 is 1.90 bits per heavy atom. The van der Waals surface area contributed by atoms with E-state index in [2.05, 4.69) is 0 Å². The van der Waals surface area contributed by atoms with E-state index in [0.717, 1.165) is 18.2 Å². The number of halogens is 14. The van der Waals surface area contributed by atoms with Crippen molar-refractivity contribution in [3.8, 4) is 5.75 Å². The molecule has 0 aromatic heterocycles. The van der Waals surface area contributed by atoms with Crippen molar-refractivity contribution in [3.05, 3.63) is 59.9 Å². The summed E-state index contributed by atoms with van der Waals surface area (Å²) in [6.45, 7) is -3.61. The van der Waals surface area contributed by atoms with Gasteiger partial charge in [0.15, 0.2) is 6.10 Å². The monoisotopic (exact) mass is 722 g/mol. The third kappa shape index (κ3) is 8.51. The fraction of sp³-hybridized carbons (Fsp3) is 0.481. The van der Waals surface area contributed by atoms with E-state index >= 15 is 0 Å².